The molecule has 0 aliphatic carbocycles. The topological polar surface area (TPSA) is 80.8 Å². The molecule has 0 saturated carbocycles. The zero-order valence-electron chi connectivity index (χ0n) is 14.2. The normalized spacial score (nSPS) is 14.9. The minimum atomic E-state index is -4.39. The number of hydrogen-bond acceptors (Lipinski definition) is 5. The van der Waals surface area contributed by atoms with Gasteiger partial charge in [0.15, 0.2) is 0 Å². The summed E-state index contributed by atoms with van der Waals surface area (Å²) in [7, 11) is -7.39. The smallest absolute Gasteiger partial charge is 0.278 e. The highest BCUT2D eigenvalue weighted by molar-refractivity contribution is 8.10. The maximum absolute atomic E-state index is 13.3. The lowest BCUT2D eigenvalue weighted by molar-refractivity contribution is 0.416. The molecule has 8 heteroatoms. The van der Waals surface area contributed by atoms with E-state index in [1.807, 2.05) is 0 Å². The highest BCUT2D eigenvalue weighted by atomic mass is 32.3. The molecular formula is C19H15NO5S2. The van der Waals surface area contributed by atoms with Gasteiger partial charge in [0.2, 0.25) is 0 Å². The SMILES string of the molecule is COc1cccc2c1N(S(=O)(=O)c1ccccc1)S(=O)(=O)c1ccccc1-2. The van der Waals surface area contributed by atoms with E-state index in [9.17, 15) is 16.8 Å². The second-order valence-electron chi connectivity index (χ2n) is 5.87. The van der Waals surface area contributed by atoms with Crippen LogP contribution in [0.25, 0.3) is 11.1 Å². The van der Waals surface area contributed by atoms with E-state index < -0.39 is 20.0 Å². The number of nitrogens with zero attached hydrogens (tertiary/aromatic N) is 1. The molecular weight excluding hydrogens is 386 g/mol. The van der Waals surface area contributed by atoms with Gasteiger partial charge in [0.25, 0.3) is 20.0 Å². The van der Waals surface area contributed by atoms with E-state index in [1.165, 1.54) is 31.4 Å². The van der Waals surface area contributed by atoms with Crippen molar-refractivity contribution in [3.63, 3.8) is 0 Å². The Morgan fingerprint density at radius 2 is 1.44 bits per heavy atom. The average Bonchev–Trinajstić information content (AvgIpc) is 2.68. The average molecular weight is 401 g/mol. The van der Waals surface area contributed by atoms with Crippen molar-refractivity contribution in [2.75, 3.05) is 10.8 Å². The van der Waals surface area contributed by atoms with Crippen molar-refractivity contribution in [1.82, 2.24) is 0 Å². The Labute approximate surface area is 157 Å². The van der Waals surface area contributed by atoms with E-state index in [4.69, 9.17) is 4.74 Å². The van der Waals surface area contributed by atoms with Gasteiger partial charge in [-0.05, 0) is 24.3 Å². The van der Waals surface area contributed by atoms with Gasteiger partial charge in [0.05, 0.1) is 16.9 Å². The molecule has 0 amide bonds. The van der Waals surface area contributed by atoms with Gasteiger partial charge in [-0.2, -0.15) is 12.1 Å². The molecule has 0 atom stereocenters. The molecule has 0 bridgehead atoms. The van der Waals surface area contributed by atoms with Crippen LogP contribution in [0.3, 0.4) is 0 Å². The number of methoxy groups -OCH3 is 1. The van der Waals surface area contributed by atoms with Crippen molar-refractivity contribution in [2.45, 2.75) is 9.79 Å². The van der Waals surface area contributed by atoms with Gasteiger partial charge in [-0.3, -0.25) is 0 Å². The third kappa shape index (κ3) is 2.52. The fraction of sp³-hybridized carbons (Fsp3) is 0.0526. The van der Waals surface area contributed by atoms with Gasteiger partial charge in [-0.1, -0.05) is 48.5 Å². The summed E-state index contributed by atoms with van der Waals surface area (Å²) in [4.78, 5) is -0.185. The summed E-state index contributed by atoms with van der Waals surface area (Å²) in [5.41, 5.74) is 0.896. The van der Waals surface area contributed by atoms with E-state index in [0.717, 1.165) is 0 Å². The fourth-order valence-electron chi connectivity index (χ4n) is 3.15. The van der Waals surface area contributed by atoms with Gasteiger partial charge in [0, 0.05) is 11.1 Å². The first-order chi connectivity index (χ1) is 12.9. The summed E-state index contributed by atoms with van der Waals surface area (Å²) in [5.74, 6) is 0.157. The highest BCUT2D eigenvalue weighted by Crippen LogP contribution is 2.49. The molecule has 0 N–H and O–H groups in total. The summed E-state index contributed by atoms with van der Waals surface area (Å²) < 4.78 is 59.2. The second-order valence-corrected chi connectivity index (χ2v) is 9.65. The van der Waals surface area contributed by atoms with Crippen molar-refractivity contribution in [2.24, 2.45) is 0 Å². The molecule has 138 valence electrons. The predicted octanol–water partition coefficient (Wildman–Crippen LogP) is 3.26. The second kappa shape index (κ2) is 6.11. The van der Waals surface area contributed by atoms with E-state index in [1.54, 1.807) is 48.5 Å². The van der Waals surface area contributed by atoms with Crippen molar-refractivity contribution in [1.29, 1.82) is 0 Å². The maximum Gasteiger partial charge on any atom is 0.278 e. The summed E-state index contributed by atoms with van der Waals surface area (Å²) in [6.45, 7) is 0. The Bertz CT molecular complexity index is 1210. The molecule has 0 spiro atoms. The van der Waals surface area contributed by atoms with Crippen LogP contribution in [-0.4, -0.2) is 23.9 Å². The first-order valence-electron chi connectivity index (χ1n) is 8.01. The highest BCUT2D eigenvalue weighted by Gasteiger charge is 2.44. The zero-order valence-corrected chi connectivity index (χ0v) is 15.9. The van der Waals surface area contributed by atoms with Crippen LogP contribution in [0.2, 0.25) is 0 Å². The molecule has 1 aliphatic heterocycles. The molecule has 0 unspecified atom stereocenters. The van der Waals surface area contributed by atoms with Crippen LogP contribution in [0.15, 0.2) is 82.6 Å². The minimum Gasteiger partial charge on any atom is -0.494 e. The molecule has 4 rings (SSSR count). The molecule has 0 aromatic heterocycles. The molecule has 0 saturated heterocycles. The Morgan fingerprint density at radius 3 is 2.15 bits per heavy atom. The number of ether oxygens (including phenoxy) is 1. The quantitative estimate of drug-likeness (QED) is 0.673. The standard InChI is InChI=1S/C19H15NO5S2/c1-25-17-12-7-11-16-15-10-5-6-13-18(15)27(23,24)20(19(16)17)26(21,22)14-8-3-2-4-9-14/h2-13H,1H3. The van der Waals surface area contributed by atoms with Crippen LogP contribution in [0.4, 0.5) is 5.69 Å². The van der Waals surface area contributed by atoms with E-state index in [0.29, 0.717) is 14.8 Å². The van der Waals surface area contributed by atoms with Crippen LogP contribution >= 0.6 is 0 Å². The van der Waals surface area contributed by atoms with Gasteiger partial charge < -0.3 is 4.74 Å². The summed E-state index contributed by atoms with van der Waals surface area (Å²) >= 11 is 0. The van der Waals surface area contributed by atoms with Gasteiger partial charge >= 0.3 is 0 Å². The van der Waals surface area contributed by atoms with E-state index in [-0.39, 0.29) is 21.2 Å². The number of fused-ring (bicyclic) bond motifs is 3. The number of para-hydroxylation sites is 1. The van der Waals surface area contributed by atoms with Gasteiger partial charge in [-0.25, -0.2) is 8.42 Å². The van der Waals surface area contributed by atoms with Crippen LogP contribution in [0.5, 0.6) is 5.75 Å². The summed E-state index contributed by atoms with van der Waals surface area (Å²) in [6, 6.07) is 18.7. The maximum atomic E-state index is 13.3. The molecule has 0 radical (unpaired) electrons. The lowest BCUT2D eigenvalue weighted by Crippen LogP contribution is -2.39. The third-order valence-corrected chi connectivity index (χ3v) is 8.53. The Balaban J connectivity index is 2.13. The van der Waals surface area contributed by atoms with Crippen LogP contribution < -0.4 is 8.45 Å². The number of sulfonamides is 2. The van der Waals surface area contributed by atoms with Gasteiger partial charge in [0.1, 0.15) is 11.4 Å². The monoisotopic (exact) mass is 401 g/mol. The van der Waals surface area contributed by atoms with Crippen LogP contribution in [0.1, 0.15) is 0 Å². The van der Waals surface area contributed by atoms with E-state index in [2.05, 4.69) is 0 Å². The number of anilines is 1. The van der Waals surface area contributed by atoms with Gasteiger partial charge in [-0.15, -0.1) is 0 Å². The molecule has 0 fully saturated rings. The van der Waals surface area contributed by atoms with Crippen molar-refractivity contribution >= 4 is 25.7 Å². The number of rotatable bonds is 3. The predicted molar refractivity (Wildman–Crippen MR) is 102 cm³/mol. The lowest BCUT2D eigenvalue weighted by Gasteiger charge is -2.32. The number of benzene rings is 3. The largest absolute Gasteiger partial charge is 0.494 e. The van der Waals surface area contributed by atoms with Crippen LogP contribution in [-0.2, 0) is 20.0 Å². The fourth-order valence-corrected chi connectivity index (χ4v) is 7.12. The van der Waals surface area contributed by atoms with E-state index >= 15 is 0 Å². The zero-order chi connectivity index (χ0) is 19.2. The van der Waals surface area contributed by atoms with Crippen molar-refractivity contribution in [3.8, 4) is 16.9 Å². The van der Waals surface area contributed by atoms with Crippen molar-refractivity contribution in [3.05, 3.63) is 72.8 Å². The Hall–Kier alpha value is -2.84. The molecule has 3 aromatic carbocycles. The summed E-state index contributed by atoms with van der Waals surface area (Å²) in [6.07, 6.45) is 0. The minimum absolute atomic E-state index is 0.0115. The Kier molecular flexibility index (Phi) is 3.97. The summed E-state index contributed by atoms with van der Waals surface area (Å²) in [5, 5.41) is 0. The lowest BCUT2D eigenvalue weighted by atomic mass is 10.0. The number of hydrogen-bond donors (Lipinski definition) is 0. The first kappa shape index (κ1) is 17.6. The molecule has 3 aromatic rings. The first-order valence-corrected chi connectivity index (χ1v) is 10.9. The molecule has 1 heterocycles. The molecule has 6 nitrogen and oxygen atoms in total. The Morgan fingerprint density at radius 1 is 0.815 bits per heavy atom. The molecule has 1 aliphatic rings. The van der Waals surface area contributed by atoms with Crippen molar-refractivity contribution < 1.29 is 21.6 Å². The third-order valence-electron chi connectivity index (χ3n) is 4.33. The molecule has 27 heavy (non-hydrogen) atoms. The van der Waals surface area contributed by atoms with Crippen LogP contribution in [0, 0.1) is 0 Å².